The van der Waals surface area contributed by atoms with Crippen molar-refractivity contribution in [2.75, 3.05) is 13.1 Å². The zero-order valence-corrected chi connectivity index (χ0v) is 12.3. The highest BCUT2D eigenvalue weighted by Crippen LogP contribution is 2.20. The highest BCUT2D eigenvalue weighted by atomic mass is 35.5. The number of nitrogens with one attached hydrogen (secondary N) is 2. The number of hydrogen-bond acceptors (Lipinski definition) is 4. The molecule has 8 heteroatoms. The van der Waals surface area contributed by atoms with E-state index in [-0.39, 0.29) is 33.9 Å². The number of benzene rings is 1. The summed E-state index contributed by atoms with van der Waals surface area (Å²) in [6.45, 7) is 1.44. The van der Waals surface area contributed by atoms with Crippen LogP contribution >= 0.6 is 24.0 Å². The highest BCUT2D eigenvalue weighted by Gasteiger charge is 2.23. The van der Waals surface area contributed by atoms with Crippen molar-refractivity contribution in [3.05, 3.63) is 28.8 Å². The smallest absolute Gasteiger partial charge is 0.240 e. The van der Waals surface area contributed by atoms with Crippen molar-refractivity contribution in [2.24, 2.45) is 0 Å². The minimum absolute atomic E-state index is 0. The number of sulfonamides is 1. The molecule has 104 valence electrons. The number of nitriles is 1. The van der Waals surface area contributed by atoms with Crippen LogP contribution in [0.3, 0.4) is 0 Å². The molecule has 1 aromatic carbocycles. The van der Waals surface area contributed by atoms with Crippen molar-refractivity contribution in [3.63, 3.8) is 0 Å². The third-order valence-corrected chi connectivity index (χ3v) is 4.58. The Morgan fingerprint density at radius 3 is 2.74 bits per heavy atom. The van der Waals surface area contributed by atoms with Crippen LogP contribution in [0.25, 0.3) is 0 Å². The van der Waals surface area contributed by atoms with Crippen molar-refractivity contribution in [1.29, 1.82) is 5.26 Å². The second-order valence-corrected chi connectivity index (χ2v) is 6.19. The summed E-state index contributed by atoms with van der Waals surface area (Å²) < 4.78 is 26.7. The Kier molecular flexibility index (Phi) is 5.59. The van der Waals surface area contributed by atoms with Gasteiger partial charge in [-0.1, -0.05) is 11.6 Å². The van der Waals surface area contributed by atoms with Gasteiger partial charge in [0, 0.05) is 12.6 Å². The molecular formula is C11H13Cl2N3O2S. The Morgan fingerprint density at radius 1 is 1.47 bits per heavy atom. The lowest BCUT2D eigenvalue weighted by Gasteiger charge is -2.12. The van der Waals surface area contributed by atoms with Gasteiger partial charge in [0.15, 0.2) is 0 Å². The number of rotatable bonds is 3. The van der Waals surface area contributed by atoms with Crippen molar-refractivity contribution in [2.45, 2.75) is 17.4 Å². The van der Waals surface area contributed by atoms with Gasteiger partial charge in [-0.3, -0.25) is 0 Å². The van der Waals surface area contributed by atoms with Gasteiger partial charge in [0.05, 0.1) is 15.5 Å². The second-order valence-electron chi connectivity index (χ2n) is 4.06. The van der Waals surface area contributed by atoms with E-state index in [0.29, 0.717) is 6.54 Å². The topological polar surface area (TPSA) is 82.0 Å². The molecule has 0 amide bonds. The quantitative estimate of drug-likeness (QED) is 0.878. The summed E-state index contributed by atoms with van der Waals surface area (Å²) in [5, 5.41) is 12.0. The standard InChI is InChI=1S/C11H12ClN3O2S.ClH/c12-11-5-10(2-1-8(11)6-13)18(16,17)15-9-3-4-14-7-9;/h1-2,5,9,14-15H,3-4,7H2;1H. The van der Waals surface area contributed by atoms with Crippen LogP contribution in [0, 0.1) is 11.3 Å². The molecule has 0 saturated carbocycles. The maximum absolute atomic E-state index is 12.1. The van der Waals surface area contributed by atoms with Gasteiger partial charge in [-0.15, -0.1) is 12.4 Å². The maximum Gasteiger partial charge on any atom is 0.240 e. The first kappa shape index (κ1) is 16.2. The Bertz CT molecular complexity index is 592. The summed E-state index contributed by atoms with van der Waals surface area (Å²) >= 11 is 5.83. The van der Waals surface area contributed by atoms with Gasteiger partial charge in [0.1, 0.15) is 6.07 Å². The molecule has 0 radical (unpaired) electrons. The molecular weight excluding hydrogens is 309 g/mol. The summed E-state index contributed by atoms with van der Waals surface area (Å²) in [5.41, 5.74) is 0.262. The lowest BCUT2D eigenvalue weighted by Crippen LogP contribution is -2.36. The van der Waals surface area contributed by atoms with E-state index in [4.69, 9.17) is 16.9 Å². The molecule has 2 rings (SSSR count). The third-order valence-electron chi connectivity index (χ3n) is 2.75. The zero-order chi connectivity index (χ0) is 13.2. The number of hydrogen-bond donors (Lipinski definition) is 2. The van der Waals surface area contributed by atoms with Crippen LogP contribution in [-0.2, 0) is 10.0 Å². The van der Waals surface area contributed by atoms with E-state index in [1.807, 2.05) is 6.07 Å². The fraction of sp³-hybridized carbons (Fsp3) is 0.364. The molecule has 1 unspecified atom stereocenters. The lowest BCUT2D eigenvalue weighted by molar-refractivity contribution is 0.560. The second kappa shape index (κ2) is 6.55. The predicted octanol–water partition coefficient (Wildman–Crippen LogP) is 1.27. The van der Waals surface area contributed by atoms with Crippen LogP contribution in [0.15, 0.2) is 23.1 Å². The molecule has 5 nitrogen and oxygen atoms in total. The molecule has 2 N–H and O–H groups in total. The normalized spacial score (nSPS) is 18.6. The lowest BCUT2D eigenvalue weighted by atomic mass is 10.2. The molecule has 0 spiro atoms. The molecule has 1 saturated heterocycles. The maximum atomic E-state index is 12.1. The van der Waals surface area contributed by atoms with Gasteiger partial charge < -0.3 is 5.32 Å². The highest BCUT2D eigenvalue weighted by molar-refractivity contribution is 7.89. The number of nitrogens with zero attached hydrogens (tertiary/aromatic N) is 1. The number of halogens is 2. The van der Waals surface area contributed by atoms with E-state index in [0.717, 1.165) is 13.0 Å². The minimum atomic E-state index is -3.58. The average molecular weight is 322 g/mol. The summed E-state index contributed by atoms with van der Waals surface area (Å²) in [4.78, 5) is 0.0819. The predicted molar refractivity (Wildman–Crippen MR) is 75.0 cm³/mol. The van der Waals surface area contributed by atoms with E-state index in [1.54, 1.807) is 0 Å². The minimum Gasteiger partial charge on any atom is -0.315 e. The molecule has 1 aliphatic heterocycles. The van der Waals surface area contributed by atoms with Gasteiger partial charge >= 0.3 is 0 Å². The average Bonchev–Trinajstić information content (AvgIpc) is 2.81. The van der Waals surface area contributed by atoms with Gasteiger partial charge in [-0.05, 0) is 31.2 Å². The van der Waals surface area contributed by atoms with E-state index in [1.165, 1.54) is 18.2 Å². The van der Waals surface area contributed by atoms with Crippen molar-refractivity contribution >= 4 is 34.0 Å². The van der Waals surface area contributed by atoms with Crippen LogP contribution in [0.2, 0.25) is 5.02 Å². The van der Waals surface area contributed by atoms with Crippen molar-refractivity contribution in [1.82, 2.24) is 10.0 Å². The largest absolute Gasteiger partial charge is 0.315 e. The zero-order valence-electron chi connectivity index (χ0n) is 9.89. The van der Waals surface area contributed by atoms with E-state index in [2.05, 4.69) is 10.0 Å². The summed E-state index contributed by atoms with van der Waals surface area (Å²) in [7, 11) is -3.58. The third kappa shape index (κ3) is 3.81. The van der Waals surface area contributed by atoms with Gasteiger partial charge in [-0.25, -0.2) is 13.1 Å². The van der Waals surface area contributed by atoms with Crippen LogP contribution in [0.4, 0.5) is 0 Å². The SMILES string of the molecule is Cl.N#Cc1ccc(S(=O)(=O)NC2CCNC2)cc1Cl. The first-order chi connectivity index (χ1) is 8.53. The molecule has 1 fully saturated rings. The van der Waals surface area contributed by atoms with Crippen molar-refractivity contribution in [3.8, 4) is 6.07 Å². The van der Waals surface area contributed by atoms with Crippen LogP contribution in [0.5, 0.6) is 0 Å². The fourth-order valence-corrected chi connectivity index (χ4v) is 3.38. The molecule has 0 aliphatic carbocycles. The molecule has 0 aromatic heterocycles. The summed E-state index contributed by atoms with van der Waals surface area (Å²) in [6, 6.07) is 5.88. The van der Waals surface area contributed by atoms with Gasteiger partial charge in [-0.2, -0.15) is 5.26 Å². The molecule has 1 aliphatic rings. The summed E-state index contributed by atoms with van der Waals surface area (Å²) in [6.07, 6.45) is 0.767. The van der Waals surface area contributed by atoms with Crippen LogP contribution in [0.1, 0.15) is 12.0 Å². The molecule has 1 aromatic rings. The monoisotopic (exact) mass is 321 g/mol. The van der Waals surface area contributed by atoms with E-state index < -0.39 is 10.0 Å². The Balaban J connectivity index is 0.00000180. The Hall–Kier alpha value is -0.840. The first-order valence-electron chi connectivity index (χ1n) is 5.45. The Morgan fingerprint density at radius 2 is 2.21 bits per heavy atom. The van der Waals surface area contributed by atoms with Crippen LogP contribution in [-0.4, -0.2) is 27.5 Å². The molecule has 1 atom stereocenters. The van der Waals surface area contributed by atoms with E-state index in [9.17, 15) is 8.42 Å². The first-order valence-corrected chi connectivity index (χ1v) is 7.32. The molecule has 0 bridgehead atoms. The van der Waals surface area contributed by atoms with Crippen molar-refractivity contribution < 1.29 is 8.42 Å². The van der Waals surface area contributed by atoms with Gasteiger partial charge in [0.25, 0.3) is 0 Å². The Labute approximate surface area is 123 Å². The molecule has 19 heavy (non-hydrogen) atoms. The molecule has 1 heterocycles. The van der Waals surface area contributed by atoms with E-state index >= 15 is 0 Å². The van der Waals surface area contributed by atoms with Crippen LogP contribution < -0.4 is 10.0 Å². The summed E-state index contributed by atoms with van der Waals surface area (Å²) in [5.74, 6) is 0. The fourth-order valence-electron chi connectivity index (χ4n) is 1.80. The van der Waals surface area contributed by atoms with Gasteiger partial charge in [0.2, 0.25) is 10.0 Å².